The third kappa shape index (κ3) is 3.22. The molecule has 6 nitrogen and oxygen atoms in total. The van der Waals surface area contributed by atoms with E-state index in [4.69, 9.17) is 9.47 Å². The number of methoxy groups -OCH3 is 2. The van der Waals surface area contributed by atoms with Crippen molar-refractivity contribution in [2.45, 2.75) is 24.2 Å². The number of rotatable bonds is 5. The van der Waals surface area contributed by atoms with E-state index in [9.17, 15) is 9.59 Å². The molecule has 2 bridgehead atoms. The Morgan fingerprint density at radius 3 is 2.60 bits per heavy atom. The number of esters is 1. The molecule has 1 aliphatic heterocycles. The molecule has 1 aromatic heterocycles. The van der Waals surface area contributed by atoms with Crippen LogP contribution in [0.1, 0.15) is 41.0 Å². The number of H-pyrrole nitrogens is 1. The van der Waals surface area contributed by atoms with Crippen LogP contribution in [-0.4, -0.2) is 49.1 Å². The third-order valence-electron chi connectivity index (χ3n) is 9.83. The van der Waals surface area contributed by atoms with E-state index in [0.29, 0.717) is 18.8 Å². The molecule has 4 atom stereocenters. The van der Waals surface area contributed by atoms with Gasteiger partial charge in [-0.1, -0.05) is 60.7 Å². The molecule has 2 heterocycles. The third-order valence-corrected chi connectivity index (χ3v) is 9.83. The van der Waals surface area contributed by atoms with Gasteiger partial charge in [-0.3, -0.25) is 9.59 Å². The number of hydrogen-bond acceptors (Lipinski definition) is 4. The van der Waals surface area contributed by atoms with Gasteiger partial charge in [0.25, 0.3) is 0 Å². The molecule has 40 heavy (non-hydrogen) atoms. The molecular formula is C34H32N2O4. The summed E-state index contributed by atoms with van der Waals surface area (Å²) in [5, 5.41) is 1.16. The second kappa shape index (κ2) is 9.12. The number of ether oxygens (including phenoxy) is 2. The van der Waals surface area contributed by atoms with Crippen LogP contribution in [0.15, 0.2) is 85.1 Å². The van der Waals surface area contributed by atoms with Crippen LogP contribution in [0.2, 0.25) is 0 Å². The molecule has 0 unspecified atom stereocenters. The lowest BCUT2D eigenvalue weighted by atomic mass is 9.42. The quantitative estimate of drug-likeness (QED) is 0.265. The molecule has 1 N–H and O–H groups in total. The Hall–Kier alpha value is -4.32. The van der Waals surface area contributed by atoms with Crippen molar-refractivity contribution >= 4 is 28.9 Å². The number of hydrogen-bond donors (Lipinski definition) is 1. The Morgan fingerprint density at radius 1 is 0.975 bits per heavy atom. The van der Waals surface area contributed by atoms with E-state index in [-0.39, 0.29) is 23.7 Å². The largest absolute Gasteiger partial charge is 0.496 e. The molecule has 4 aliphatic rings. The fourth-order valence-corrected chi connectivity index (χ4v) is 8.27. The summed E-state index contributed by atoms with van der Waals surface area (Å²) in [6.07, 6.45) is 7.31. The summed E-state index contributed by atoms with van der Waals surface area (Å²) in [5.74, 6) is 0.249. The van der Waals surface area contributed by atoms with Gasteiger partial charge in [-0.15, -0.1) is 0 Å². The van der Waals surface area contributed by atoms with Gasteiger partial charge >= 0.3 is 5.97 Å². The SMILES string of the molecule is COC(=O)[C@]12CN(C(=O)/C=C/c3ccccc3OC)C[C@H]1[C@]1(c3c[nH]c4ccccc34)CC[C@H]2c2ccccc21. The van der Waals surface area contributed by atoms with Crippen LogP contribution in [0.4, 0.5) is 0 Å². The Balaban J connectivity index is 1.38. The number of carbonyl (C=O) groups excluding carboxylic acids is 2. The zero-order valence-electron chi connectivity index (χ0n) is 22.7. The van der Waals surface area contributed by atoms with Gasteiger partial charge in [0, 0.05) is 59.1 Å². The van der Waals surface area contributed by atoms with Gasteiger partial charge < -0.3 is 19.4 Å². The number of nitrogens with zero attached hydrogens (tertiary/aromatic N) is 1. The van der Waals surface area contributed by atoms with Crippen LogP contribution in [0.25, 0.3) is 17.0 Å². The Bertz CT molecular complexity index is 1670. The number of aromatic nitrogens is 1. The summed E-state index contributed by atoms with van der Waals surface area (Å²) in [7, 11) is 3.10. The normalized spacial score (nSPS) is 26.6. The Labute approximate surface area is 233 Å². The first-order valence-corrected chi connectivity index (χ1v) is 13.9. The van der Waals surface area contributed by atoms with E-state index in [1.54, 1.807) is 19.3 Å². The number of fused-ring (bicyclic) bond motifs is 2. The molecule has 202 valence electrons. The van der Waals surface area contributed by atoms with Crippen molar-refractivity contribution in [1.82, 2.24) is 9.88 Å². The Morgan fingerprint density at radius 2 is 1.75 bits per heavy atom. The summed E-state index contributed by atoms with van der Waals surface area (Å²) < 4.78 is 11.0. The van der Waals surface area contributed by atoms with Crippen molar-refractivity contribution in [3.63, 3.8) is 0 Å². The fraction of sp³-hybridized carbons (Fsp3) is 0.294. The summed E-state index contributed by atoms with van der Waals surface area (Å²) in [6.45, 7) is 0.817. The number of carbonyl (C=O) groups is 2. The van der Waals surface area contributed by atoms with Gasteiger partial charge in [0.2, 0.25) is 5.91 Å². The number of benzene rings is 3. The highest BCUT2D eigenvalue weighted by molar-refractivity contribution is 5.94. The van der Waals surface area contributed by atoms with Crippen LogP contribution in [0.3, 0.4) is 0 Å². The second-order valence-electron chi connectivity index (χ2n) is 11.3. The van der Waals surface area contributed by atoms with Gasteiger partial charge in [0.05, 0.1) is 19.6 Å². The second-order valence-corrected chi connectivity index (χ2v) is 11.3. The highest BCUT2D eigenvalue weighted by Gasteiger charge is 2.71. The van der Waals surface area contributed by atoms with Crippen molar-refractivity contribution < 1.29 is 19.1 Å². The minimum absolute atomic E-state index is 0.00997. The van der Waals surface area contributed by atoms with Crippen molar-refractivity contribution in [2.75, 3.05) is 27.3 Å². The van der Waals surface area contributed by atoms with Crippen LogP contribution < -0.4 is 4.74 Å². The fourth-order valence-electron chi connectivity index (χ4n) is 8.27. The van der Waals surface area contributed by atoms with Crippen LogP contribution in [-0.2, 0) is 19.7 Å². The number of para-hydroxylation sites is 2. The monoisotopic (exact) mass is 532 g/mol. The first-order valence-electron chi connectivity index (χ1n) is 13.9. The number of amides is 1. The average Bonchev–Trinajstić information content (AvgIpc) is 3.64. The Kier molecular flexibility index (Phi) is 5.63. The van der Waals surface area contributed by atoms with Gasteiger partial charge in [0.15, 0.2) is 0 Å². The molecule has 0 spiro atoms. The summed E-state index contributed by atoms with van der Waals surface area (Å²) in [5.41, 5.74) is 4.34. The smallest absolute Gasteiger partial charge is 0.314 e. The molecule has 1 saturated heterocycles. The highest BCUT2D eigenvalue weighted by Crippen LogP contribution is 2.69. The molecule has 1 amide bonds. The lowest BCUT2D eigenvalue weighted by molar-refractivity contribution is -0.161. The maximum atomic E-state index is 14.0. The highest BCUT2D eigenvalue weighted by atomic mass is 16.5. The predicted octanol–water partition coefficient (Wildman–Crippen LogP) is 5.68. The van der Waals surface area contributed by atoms with E-state index in [0.717, 1.165) is 29.3 Å². The molecular weight excluding hydrogens is 500 g/mol. The van der Waals surface area contributed by atoms with E-state index in [2.05, 4.69) is 53.6 Å². The molecule has 8 rings (SSSR count). The minimum atomic E-state index is -0.826. The van der Waals surface area contributed by atoms with E-state index >= 15 is 0 Å². The molecule has 4 aromatic rings. The lowest BCUT2D eigenvalue weighted by Gasteiger charge is -2.59. The van der Waals surface area contributed by atoms with Crippen molar-refractivity contribution in [1.29, 1.82) is 0 Å². The van der Waals surface area contributed by atoms with Gasteiger partial charge in [-0.05, 0) is 47.7 Å². The standard InChI is InChI=1S/C34H32N2O4/c1-39-29-14-8-3-9-22(29)15-16-31(37)36-20-30-33(27-19-35-28-13-7-5-11-24(27)28)18-17-26(23-10-4-6-12-25(23)33)34(30,21-36)32(38)40-2/h3-16,19,26,30,35H,17-18,20-21H2,1-2H3/b16-15+/t26-,30-,33+,34-/m0/s1. The van der Waals surface area contributed by atoms with Gasteiger partial charge in [0.1, 0.15) is 5.75 Å². The maximum absolute atomic E-state index is 14.0. The van der Waals surface area contributed by atoms with Crippen molar-refractivity contribution in [3.05, 3.63) is 107 Å². The molecule has 2 fully saturated rings. The maximum Gasteiger partial charge on any atom is 0.314 e. The lowest BCUT2D eigenvalue weighted by Crippen LogP contribution is -2.60. The van der Waals surface area contributed by atoms with Gasteiger partial charge in [-0.2, -0.15) is 0 Å². The molecule has 0 radical (unpaired) electrons. The molecule has 3 aliphatic carbocycles. The number of nitrogens with one attached hydrogen (secondary N) is 1. The minimum Gasteiger partial charge on any atom is -0.496 e. The first kappa shape index (κ1) is 24.7. The van der Waals surface area contributed by atoms with Crippen molar-refractivity contribution in [3.8, 4) is 5.75 Å². The summed E-state index contributed by atoms with van der Waals surface area (Å²) in [6, 6.07) is 24.6. The van der Waals surface area contributed by atoms with Crippen molar-refractivity contribution in [2.24, 2.45) is 11.3 Å². The zero-order chi connectivity index (χ0) is 27.5. The molecule has 3 aromatic carbocycles. The predicted molar refractivity (Wildman–Crippen MR) is 154 cm³/mol. The van der Waals surface area contributed by atoms with Crippen LogP contribution in [0, 0.1) is 11.3 Å². The molecule has 6 heteroatoms. The van der Waals surface area contributed by atoms with E-state index in [1.807, 2.05) is 35.2 Å². The van der Waals surface area contributed by atoms with Gasteiger partial charge in [-0.25, -0.2) is 0 Å². The average molecular weight is 533 g/mol. The van der Waals surface area contributed by atoms with E-state index in [1.165, 1.54) is 23.8 Å². The summed E-state index contributed by atoms with van der Waals surface area (Å²) in [4.78, 5) is 33.1. The summed E-state index contributed by atoms with van der Waals surface area (Å²) >= 11 is 0. The molecule has 1 saturated carbocycles. The topological polar surface area (TPSA) is 71.6 Å². The van der Waals surface area contributed by atoms with E-state index < -0.39 is 10.8 Å². The first-order chi connectivity index (χ1) is 19.5. The zero-order valence-corrected chi connectivity index (χ0v) is 22.7. The number of aromatic amines is 1. The van der Waals surface area contributed by atoms with Crippen LogP contribution >= 0.6 is 0 Å². The number of likely N-dealkylation sites (tertiary alicyclic amines) is 1. The van der Waals surface area contributed by atoms with Crippen LogP contribution in [0.5, 0.6) is 5.75 Å².